The Morgan fingerprint density at radius 1 is 1.19 bits per heavy atom. The van der Waals surface area contributed by atoms with Gasteiger partial charge in [0.1, 0.15) is 11.5 Å². The van der Waals surface area contributed by atoms with Gasteiger partial charge in [0.15, 0.2) is 5.78 Å². The Bertz CT molecular complexity index is 666. The molecule has 0 bridgehead atoms. The lowest BCUT2D eigenvalue weighted by molar-refractivity contribution is -0.112. The fourth-order valence-electron chi connectivity index (χ4n) is 1.88. The van der Waals surface area contributed by atoms with Crippen molar-refractivity contribution >= 4 is 33.1 Å². The van der Waals surface area contributed by atoms with Crippen LogP contribution in [0, 0.1) is 0 Å². The Labute approximate surface area is 132 Å². The Balaban J connectivity index is 2.49. The molecule has 0 heterocycles. The maximum absolute atomic E-state index is 12.2. The Kier molecular flexibility index (Phi) is 5.28. The van der Waals surface area contributed by atoms with Crippen LogP contribution >= 0.6 is 15.9 Å². The van der Waals surface area contributed by atoms with Gasteiger partial charge in [0.25, 0.3) is 0 Å². The Morgan fingerprint density at radius 2 is 1.90 bits per heavy atom. The molecule has 0 fully saturated rings. The van der Waals surface area contributed by atoms with E-state index in [1.54, 1.807) is 7.11 Å². The number of nitrogens with zero attached hydrogens (tertiary/aromatic N) is 1. The third-order valence-electron chi connectivity index (χ3n) is 3.02. The molecule has 0 atom stereocenters. The number of ether oxygens (including phenoxy) is 1. The van der Waals surface area contributed by atoms with Gasteiger partial charge < -0.3 is 4.74 Å². The molecule has 2 aromatic carbocycles. The molecule has 0 amide bonds. The van der Waals surface area contributed by atoms with Gasteiger partial charge in [0.05, 0.1) is 12.8 Å². The molecule has 2 aromatic rings. The van der Waals surface area contributed by atoms with Crippen LogP contribution in [0.5, 0.6) is 5.75 Å². The molecular weight excluding hydrogens is 330 g/mol. The summed E-state index contributed by atoms with van der Waals surface area (Å²) >= 11 is 3.46. The van der Waals surface area contributed by atoms with Gasteiger partial charge in [-0.05, 0) is 34.1 Å². The zero-order valence-corrected chi connectivity index (χ0v) is 13.6. The largest absolute Gasteiger partial charge is 0.497 e. The molecule has 0 saturated heterocycles. The first-order valence-corrected chi connectivity index (χ1v) is 7.46. The van der Waals surface area contributed by atoms with E-state index in [1.165, 1.54) is 0 Å². The summed E-state index contributed by atoms with van der Waals surface area (Å²) in [6.07, 6.45) is 0.418. The third-order valence-corrected chi connectivity index (χ3v) is 3.65. The second-order valence-electron chi connectivity index (χ2n) is 4.42. The Hall–Kier alpha value is -1.94. The van der Waals surface area contributed by atoms with Crippen molar-refractivity contribution in [1.29, 1.82) is 0 Å². The molecule has 0 aliphatic heterocycles. The molecule has 2 rings (SSSR count). The van der Waals surface area contributed by atoms with E-state index >= 15 is 0 Å². The van der Waals surface area contributed by atoms with Crippen LogP contribution in [0.4, 0.5) is 5.69 Å². The van der Waals surface area contributed by atoms with Crippen LogP contribution in [0.1, 0.15) is 18.9 Å². The molecule has 3 nitrogen and oxygen atoms in total. The molecule has 0 saturated carbocycles. The standard InChI is InChI=1S/C17H16BrNO2/c1-3-16(20)17(12-7-5-4-6-8-12)19-15-10-9-13(21-2)11-14(15)18/h4-11H,3H2,1-2H3. The summed E-state index contributed by atoms with van der Waals surface area (Å²) in [5.74, 6) is 0.757. The molecule has 0 radical (unpaired) electrons. The summed E-state index contributed by atoms with van der Waals surface area (Å²) in [7, 11) is 1.61. The molecule has 4 heteroatoms. The maximum Gasteiger partial charge on any atom is 0.181 e. The molecule has 0 spiro atoms. The minimum absolute atomic E-state index is 0.0175. The van der Waals surface area contributed by atoms with E-state index in [9.17, 15) is 4.79 Å². The van der Waals surface area contributed by atoms with E-state index in [4.69, 9.17) is 4.74 Å². The molecule has 108 valence electrons. The van der Waals surface area contributed by atoms with Crippen molar-refractivity contribution in [3.63, 3.8) is 0 Å². The highest BCUT2D eigenvalue weighted by Crippen LogP contribution is 2.30. The van der Waals surface area contributed by atoms with Gasteiger partial charge in [0.2, 0.25) is 0 Å². The molecule has 0 aromatic heterocycles. The van der Waals surface area contributed by atoms with Crippen LogP contribution in [-0.2, 0) is 4.79 Å². The van der Waals surface area contributed by atoms with Gasteiger partial charge in [0, 0.05) is 16.5 Å². The van der Waals surface area contributed by atoms with Gasteiger partial charge in [-0.1, -0.05) is 37.3 Å². The van der Waals surface area contributed by atoms with E-state index < -0.39 is 0 Å². The van der Waals surface area contributed by atoms with Crippen molar-refractivity contribution in [2.75, 3.05) is 7.11 Å². The van der Waals surface area contributed by atoms with Crippen LogP contribution < -0.4 is 4.74 Å². The van der Waals surface area contributed by atoms with Gasteiger partial charge in [-0.3, -0.25) is 4.79 Å². The number of ketones is 1. The van der Waals surface area contributed by atoms with Crippen molar-refractivity contribution in [3.05, 3.63) is 58.6 Å². The summed E-state index contributed by atoms with van der Waals surface area (Å²) in [6.45, 7) is 1.84. The number of Topliss-reactive ketones (excluding diaryl/α,β-unsaturated/α-hetero) is 1. The summed E-state index contributed by atoms with van der Waals surface area (Å²) in [5, 5.41) is 0. The number of carbonyl (C=O) groups is 1. The lowest BCUT2D eigenvalue weighted by atomic mass is 10.0. The first kappa shape index (κ1) is 15.4. The lowest BCUT2D eigenvalue weighted by Crippen LogP contribution is -2.14. The van der Waals surface area contributed by atoms with Crippen LogP contribution in [0.15, 0.2) is 58.0 Å². The number of halogens is 1. The number of benzene rings is 2. The minimum atomic E-state index is 0.0175. The predicted octanol–water partition coefficient (Wildman–Crippen LogP) is 4.56. The predicted molar refractivity (Wildman–Crippen MR) is 88.6 cm³/mol. The average molecular weight is 346 g/mol. The summed E-state index contributed by atoms with van der Waals surface area (Å²) < 4.78 is 5.95. The maximum atomic E-state index is 12.2. The van der Waals surface area contributed by atoms with Crippen molar-refractivity contribution < 1.29 is 9.53 Å². The van der Waals surface area contributed by atoms with Gasteiger partial charge in [-0.25, -0.2) is 4.99 Å². The first-order valence-electron chi connectivity index (χ1n) is 6.66. The zero-order chi connectivity index (χ0) is 15.2. The number of hydrogen-bond acceptors (Lipinski definition) is 3. The van der Waals surface area contributed by atoms with Crippen LogP contribution in [0.25, 0.3) is 0 Å². The number of rotatable bonds is 5. The van der Waals surface area contributed by atoms with Crippen LogP contribution in [0.3, 0.4) is 0 Å². The number of hydrogen-bond donors (Lipinski definition) is 0. The van der Waals surface area contributed by atoms with E-state index in [0.29, 0.717) is 17.8 Å². The second kappa shape index (κ2) is 7.18. The van der Waals surface area contributed by atoms with Gasteiger partial charge in [-0.2, -0.15) is 0 Å². The van der Waals surface area contributed by atoms with Crippen molar-refractivity contribution in [2.45, 2.75) is 13.3 Å². The highest BCUT2D eigenvalue weighted by molar-refractivity contribution is 9.10. The zero-order valence-electron chi connectivity index (χ0n) is 12.0. The van der Waals surface area contributed by atoms with E-state index in [0.717, 1.165) is 15.8 Å². The van der Waals surface area contributed by atoms with E-state index in [1.807, 2.05) is 55.5 Å². The third kappa shape index (κ3) is 3.79. The molecule has 21 heavy (non-hydrogen) atoms. The van der Waals surface area contributed by atoms with Gasteiger partial charge in [-0.15, -0.1) is 0 Å². The molecule has 0 N–H and O–H groups in total. The monoisotopic (exact) mass is 345 g/mol. The van der Waals surface area contributed by atoms with Crippen LogP contribution in [0.2, 0.25) is 0 Å². The highest BCUT2D eigenvalue weighted by Gasteiger charge is 2.13. The fourth-order valence-corrected chi connectivity index (χ4v) is 2.32. The number of aliphatic imine (C=N–C) groups is 1. The molecule has 0 unspecified atom stereocenters. The number of carbonyl (C=O) groups excluding carboxylic acids is 1. The second-order valence-corrected chi connectivity index (χ2v) is 5.27. The first-order chi connectivity index (χ1) is 10.2. The SMILES string of the molecule is CCC(=O)C(=Nc1ccc(OC)cc1Br)c1ccccc1. The summed E-state index contributed by atoms with van der Waals surface area (Å²) in [6, 6.07) is 15.0. The summed E-state index contributed by atoms with van der Waals surface area (Å²) in [5.41, 5.74) is 2.01. The Morgan fingerprint density at radius 3 is 2.48 bits per heavy atom. The number of methoxy groups -OCH3 is 1. The lowest BCUT2D eigenvalue weighted by Gasteiger charge is -2.07. The normalized spacial score (nSPS) is 11.3. The van der Waals surface area contributed by atoms with Crippen molar-refractivity contribution in [1.82, 2.24) is 0 Å². The highest BCUT2D eigenvalue weighted by atomic mass is 79.9. The van der Waals surface area contributed by atoms with E-state index in [2.05, 4.69) is 20.9 Å². The molecular formula is C17H16BrNO2. The quantitative estimate of drug-likeness (QED) is 0.745. The topological polar surface area (TPSA) is 38.7 Å². The molecule has 0 aliphatic rings. The fraction of sp³-hybridized carbons (Fsp3) is 0.176. The van der Waals surface area contributed by atoms with Gasteiger partial charge >= 0.3 is 0 Å². The summed E-state index contributed by atoms with van der Waals surface area (Å²) in [4.78, 5) is 16.7. The molecule has 0 aliphatic carbocycles. The van der Waals surface area contributed by atoms with Crippen molar-refractivity contribution in [2.24, 2.45) is 4.99 Å². The average Bonchev–Trinajstić information content (AvgIpc) is 2.53. The van der Waals surface area contributed by atoms with E-state index in [-0.39, 0.29) is 5.78 Å². The van der Waals surface area contributed by atoms with Crippen LogP contribution in [-0.4, -0.2) is 18.6 Å². The minimum Gasteiger partial charge on any atom is -0.497 e. The smallest absolute Gasteiger partial charge is 0.181 e. The van der Waals surface area contributed by atoms with Crippen molar-refractivity contribution in [3.8, 4) is 5.75 Å².